The zero-order chi connectivity index (χ0) is 14.1. The molecule has 5 heteroatoms. The Kier molecular flexibility index (Phi) is 3.86. The van der Waals surface area contributed by atoms with E-state index in [4.69, 9.17) is 15.6 Å². The molecule has 0 fully saturated rings. The lowest BCUT2D eigenvalue weighted by Crippen LogP contribution is -2.44. The molecule has 0 radical (unpaired) electrons. The average Bonchev–Trinajstić information content (AvgIpc) is 2.20. The lowest BCUT2D eigenvalue weighted by Gasteiger charge is -2.36. The topological polar surface area (TPSA) is 59.1 Å². The highest BCUT2D eigenvalue weighted by Crippen LogP contribution is 2.38. The van der Waals surface area contributed by atoms with Crippen LogP contribution in [0.15, 0.2) is 12.1 Å². The normalized spacial score (nSPS) is 12.3. The first-order valence-electron chi connectivity index (χ1n) is 5.87. The second-order valence-corrected chi connectivity index (χ2v) is 10.6. The van der Waals surface area contributed by atoms with E-state index < -0.39 is 14.1 Å². The van der Waals surface area contributed by atoms with Gasteiger partial charge in [-0.3, -0.25) is 0 Å². The summed E-state index contributed by atoms with van der Waals surface area (Å²) >= 11 is 0. The molecule has 0 aliphatic heterocycles. The minimum atomic E-state index is -2.09. The molecule has 100 valence electrons. The van der Waals surface area contributed by atoms with E-state index in [-0.39, 0.29) is 16.5 Å². The summed E-state index contributed by atoms with van der Waals surface area (Å²) < 4.78 is 19.7. The first kappa shape index (κ1) is 14.7. The summed E-state index contributed by atoms with van der Waals surface area (Å²) in [5, 5.41) is 7.23. The van der Waals surface area contributed by atoms with Gasteiger partial charge in [-0.25, -0.2) is 4.39 Å². The molecule has 0 spiro atoms. The van der Waals surface area contributed by atoms with E-state index in [1.54, 1.807) is 0 Å². The van der Waals surface area contributed by atoms with Crippen LogP contribution in [-0.2, 0) is 0 Å². The van der Waals surface area contributed by atoms with E-state index in [9.17, 15) is 4.39 Å². The van der Waals surface area contributed by atoms with Gasteiger partial charge in [0, 0.05) is 23.5 Å². The first-order chi connectivity index (χ1) is 8.08. The lowest BCUT2D eigenvalue weighted by atomic mass is 10.2. The van der Waals surface area contributed by atoms with Crippen LogP contribution < -0.4 is 10.2 Å². The fourth-order valence-corrected chi connectivity index (χ4v) is 2.23. The van der Waals surface area contributed by atoms with Crippen molar-refractivity contribution in [1.29, 1.82) is 5.41 Å². The zero-order valence-corrected chi connectivity index (χ0v) is 12.6. The molecule has 1 aromatic carbocycles. The summed E-state index contributed by atoms with van der Waals surface area (Å²) in [6.45, 7) is 10.4. The summed E-state index contributed by atoms with van der Waals surface area (Å²) in [4.78, 5) is 0. The van der Waals surface area contributed by atoms with Crippen molar-refractivity contribution in [3.63, 3.8) is 0 Å². The number of nitrogens with two attached hydrogens (primary N) is 1. The van der Waals surface area contributed by atoms with Gasteiger partial charge in [-0.2, -0.15) is 0 Å². The van der Waals surface area contributed by atoms with Crippen LogP contribution in [0.3, 0.4) is 0 Å². The van der Waals surface area contributed by atoms with E-state index in [0.29, 0.717) is 5.56 Å². The molecule has 0 aromatic heterocycles. The molecule has 3 nitrogen and oxygen atoms in total. The largest absolute Gasteiger partial charge is 0.542 e. The van der Waals surface area contributed by atoms with Crippen molar-refractivity contribution >= 4 is 20.2 Å². The van der Waals surface area contributed by atoms with Crippen LogP contribution in [0, 0.1) is 11.2 Å². The van der Waals surface area contributed by atoms with Gasteiger partial charge in [-0.1, -0.05) is 20.8 Å². The Bertz CT molecular complexity index is 467. The molecule has 3 N–H and O–H groups in total. The number of nitrogens with one attached hydrogen (secondary N) is 1. The van der Waals surface area contributed by atoms with Crippen LogP contribution in [0.5, 0.6) is 5.75 Å². The number of anilines is 1. The van der Waals surface area contributed by atoms with Gasteiger partial charge in [-0.05, 0) is 24.2 Å². The monoisotopic (exact) mass is 268 g/mol. The molecule has 18 heavy (non-hydrogen) atoms. The molecule has 1 rings (SSSR count). The van der Waals surface area contributed by atoms with Crippen molar-refractivity contribution in [3.8, 4) is 5.75 Å². The zero-order valence-electron chi connectivity index (χ0n) is 11.6. The smallest absolute Gasteiger partial charge is 0.250 e. The molecular formula is C13H21FN2OSi. The Balaban J connectivity index is 3.16. The van der Waals surface area contributed by atoms with Crippen LogP contribution in [0.1, 0.15) is 26.3 Å². The van der Waals surface area contributed by atoms with Crippen molar-refractivity contribution in [2.24, 2.45) is 0 Å². The SMILES string of the molecule is CC(C)(C)[Si](C)(C)Oc1cc(C=N)c(N)cc1F. The maximum absolute atomic E-state index is 13.8. The van der Waals surface area contributed by atoms with Gasteiger partial charge in [0.1, 0.15) is 5.75 Å². The fraction of sp³-hybridized carbons (Fsp3) is 0.462. The van der Waals surface area contributed by atoms with Crippen LogP contribution in [-0.4, -0.2) is 14.5 Å². The van der Waals surface area contributed by atoms with Crippen molar-refractivity contribution in [2.45, 2.75) is 38.9 Å². The standard InChI is InChI=1S/C13H21FN2OSi/c1-13(2,3)18(4,5)17-12-6-9(8-15)11(16)7-10(12)14/h6-8,15H,16H2,1-5H3. The molecular weight excluding hydrogens is 247 g/mol. The minimum Gasteiger partial charge on any atom is -0.542 e. The molecule has 0 atom stereocenters. The average molecular weight is 268 g/mol. The second-order valence-electron chi connectivity index (χ2n) is 5.92. The van der Waals surface area contributed by atoms with E-state index in [1.165, 1.54) is 12.1 Å². The number of hydrogen-bond acceptors (Lipinski definition) is 3. The number of nitrogen functional groups attached to an aromatic ring is 1. The molecule has 1 aromatic rings. The van der Waals surface area contributed by atoms with Crippen LogP contribution >= 0.6 is 0 Å². The summed E-state index contributed by atoms with van der Waals surface area (Å²) in [5.74, 6) is -0.280. The molecule has 0 bridgehead atoms. The lowest BCUT2D eigenvalue weighted by molar-refractivity contribution is 0.457. The number of halogens is 1. The Morgan fingerprint density at radius 3 is 2.33 bits per heavy atom. The summed E-state index contributed by atoms with van der Waals surface area (Å²) in [7, 11) is -2.09. The predicted molar refractivity (Wildman–Crippen MR) is 76.5 cm³/mol. The Labute approximate surface area is 109 Å². The molecule has 0 unspecified atom stereocenters. The van der Waals surface area contributed by atoms with Gasteiger partial charge >= 0.3 is 0 Å². The van der Waals surface area contributed by atoms with E-state index in [2.05, 4.69) is 20.8 Å². The Hall–Kier alpha value is -1.36. The highest BCUT2D eigenvalue weighted by molar-refractivity contribution is 6.74. The van der Waals surface area contributed by atoms with Gasteiger partial charge < -0.3 is 15.6 Å². The highest BCUT2D eigenvalue weighted by Gasteiger charge is 2.39. The van der Waals surface area contributed by atoms with Gasteiger partial charge in [-0.15, -0.1) is 0 Å². The van der Waals surface area contributed by atoms with Gasteiger partial charge in [0.05, 0.1) is 0 Å². The Morgan fingerprint density at radius 2 is 1.89 bits per heavy atom. The Morgan fingerprint density at radius 1 is 1.33 bits per heavy atom. The van der Waals surface area contributed by atoms with Gasteiger partial charge in [0.2, 0.25) is 0 Å². The van der Waals surface area contributed by atoms with Gasteiger partial charge in [0.25, 0.3) is 8.32 Å². The molecule has 0 heterocycles. The van der Waals surface area contributed by atoms with Crippen LogP contribution in [0.25, 0.3) is 0 Å². The molecule has 0 aliphatic rings. The fourth-order valence-electron chi connectivity index (χ4n) is 1.22. The third-order valence-electron chi connectivity index (χ3n) is 3.46. The second kappa shape index (κ2) is 4.72. The van der Waals surface area contributed by atoms with Crippen molar-refractivity contribution in [1.82, 2.24) is 0 Å². The third kappa shape index (κ3) is 2.90. The van der Waals surface area contributed by atoms with E-state index in [1.807, 2.05) is 13.1 Å². The van der Waals surface area contributed by atoms with E-state index in [0.717, 1.165) is 6.21 Å². The summed E-state index contributed by atoms with van der Waals surface area (Å²) in [6, 6.07) is 2.71. The predicted octanol–water partition coefficient (Wildman–Crippen LogP) is 3.79. The maximum Gasteiger partial charge on any atom is 0.250 e. The van der Waals surface area contributed by atoms with Gasteiger partial charge in [0.15, 0.2) is 5.82 Å². The summed E-state index contributed by atoms with van der Waals surface area (Å²) in [5.41, 5.74) is 6.35. The van der Waals surface area contributed by atoms with E-state index >= 15 is 0 Å². The van der Waals surface area contributed by atoms with Crippen molar-refractivity contribution < 1.29 is 8.82 Å². The first-order valence-corrected chi connectivity index (χ1v) is 8.78. The third-order valence-corrected chi connectivity index (χ3v) is 7.81. The van der Waals surface area contributed by atoms with Crippen molar-refractivity contribution in [3.05, 3.63) is 23.5 Å². The minimum absolute atomic E-state index is 0.00827. The molecule has 0 amide bonds. The molecule has 0 aliphatic carbocycles. The summed E-state index contributed by atoms with van der Waals surface area (Å²) in [6.07, 6.45) is 1.10. The van der Waals surface area contributed by atoms with Crippen molar-refractivity contribution in [2.75, 3.05) is 5.73 Å². The van der Waals surface area contributed by atoms with Crippen LogP contribution in [0.4, 0.5) is 10.1 Å². The highest BCUT2D eigenvalue weighted by atomic mass is 28.4. The molecule has 0 saturated carbocycles. The van der Waals surface area contributed by atoms with Crippen LogP contribution in [0.2, 0.25) is 18.1 Å². The number of hydrogen-bond donors (Lipinski definition) is 2. The quantitative estimate of drug-likeness (QED) is 0.498. The maximum atomic E-state index is 13.8. The number of rotatable bonds is 3. The molecule has 0 saturated heterocycles. The number of benzene rings is 1.